The smallest absolute Gasteiger partial charge is 0.234 e. The first-order valence-corrected chi connectivity index (χ1v) is 3.32. The van der Waals surface area contributed by atoms with Crippen LogP contribution in [0.3, 0.4) is 0 Å². The summed E-state index contributed by atoms with van der Waals surface area (Å²) in [7, 11) is 0. The molecule has 0 nitrogen and oxygen atoms in total. The molecule has 0 heterocycles. The largest absolute Gasteiger partial charge is 0.284 e. The lowest BCUT2D eigenvalue weighted by molar-refractivity contribution is -0.130. The van der Waals surface area contributed by atoms with Gasteiger partial charge in [-0.3, -0.25) is 0 Å². The summed E-state index contributed by atoms with van der Waals surface area (Å²) in [5.74, 6) is -3.96. The number of allylic oxidation sites excluding steroid dienone is 1. The molecule has 1 atom stereocenters. The average Bonchev–Trinajstić information content (AvgIpc) is 1.99. The van der Waals surface area contributed by atoms with Crippen molar-refractivity contribution >= 4 is 0 Å². The fourth-order valence-corrected chi connectivity index (χ4v) is 0.617. The Morgan fingerprint density at radius 3 is 2.08 bits per heavy atom. The maximum atomic E-state index is 12.4. The standard InChI is InChI=1S/C7H9F5/c1-2-3-4-7(11,12)5(8)6(9)10/h2,5-6H,1,3-4H2. The second-order valence-corrected chi connectivity index (χ2v) is 2.32. The van der Waals surface area contributed by atoms with Gasteiger partial charge in [-0.05, 0) is 6.42 Å². The maximum absolute atomic E-state index is 12.4. The quantitative estimate of drug-likeness (QED) is 0.459. The van der Waals surface area contributed by atoms with Crippen LogP contribution in [0.1, 0.15) is 12.8 Å². The topological polar surface area (TPSA) is 0 Å². The first-order valence-electron chi connectivity index (χ1n) is 3.32. The number of rotatable bonds is 5. The Morgan fingerprint density at radius 1 is 1.25 bits per heavy atom. The van der Waals surface area contributed by atoms with E-state index >= 15 is 0 Å². The van der Waals surface area contributed by atoms with E-state index < -0.39 is 24.9 Å². The Labute approximate surface area is 67.1 Å². The van der Waals surface area contributed by atoms with Gasteiger partial charge >= 0.3 is 0 Å². The first-order chi connectivity index (χ1) is 5.41. The molecule has 0 aromatic rings. The van der Waals surface area contributed by atoms with Crippen molar-refractivity contribution in [2.45, 2.75) is 31.4 Å². The molecule has 0 saturated carbocycles. The van der Waals surface area contributed by atoms with E-state index in [9.17, 15) is 22.0 Å². The van der Waals surface area contributed by atoms with E-state index in [4.69, 9.17) is 0 Å². The van der Waals surface area contributed by atoms with Gasteiger partial charge in [0.25, 0.3) is 12.3 Å². The molecule has 0 amide bonds. The third kappa shape index (κ3) is 3.19. The first kappa shape index (κ1) is 11.4. The highest BCUT2D eigenvalue weighted by atomic mass is 19.3. The second-order valence-electron chi connectivity index (χ2n) is 2.32. The van der Waals surface area contributed by atoms with Gasteiger partial charge in [0, 0.05) is 6.42 Å². The van der Waals surface area contributed by atoms with Crippen molar-refractivity contribution in [3.8, 4) is 0 Å². The lowest BCUT2D eigenvalue weighted by atomic mass is 10.1. The summed E-state index contributed by atoms with van der Waals surface area (Å²) in [5.41, 5.74) is 0. The van der Waals surface area contributed by atoms with Gasteiger partial charge < -0.3 is 0 Å². The predicted molar refractivity (Wildman–Crippen MR) is 35.3 cm³/mol. The lowest BCUT2D eigenvalue weighted by Crippen LogP contribution is -2.35. The highest BCUT2D eigenvalue weighted by Gasteiger charge is 2.45. The summed E-state index contributed by atoms with van der Waals surface area (Å²) < 4.78 is 59.7. The van der Waals surface area contributed by atoms with Crippen LogP contribution < -0.4 is 0 Å². The van der Waals surface area contributed by atoms with E-state index in [2.05, 4.69) is 6.58 Å². The zero-order valence-corrected chi connectivity index (χ0v) is 6.24. The van der Waals surface area contributed by atoms with Gasteiger partial charge in [-0.1, -0.05) is 6.08 Å². The van der Waals surface area contributed by atoms with Gasteiger partial charge in [0.2, 0.25) is 6.17 Å². The van der Waals surface area contributed by atoms with E-state index in [0.717, 1.165) is 6.08 Å². The number of halogens is 5. The molecular weight excluding hydrogens is 179 g/mol. The molecule has 0 rings (SSSR count). The highest BCUT2D eigenvalue weighted by molar-refractivity contribution is 4.82. The van der Waals surface area contributed by atoms with Crippen molar-refractivity contribution in [2.75, 3.05) is 0 Å². The van der Waals surface area contributed by atoms with Crippen LogP contribution in [0.25, 0.3) is 0 Å². The summed E-state index contributed by atoms with van der Waals surface area (Å²) in [4.78, 5) is 0. The third-order valence-electron chi connectivity index (χ3n) is 1.31. The molecule has 0 aromatic carbocycles. The Balaban J connectivity index is 4.07. The second kappa shape index (κ2) is 4.42. The Hall–Kier alpha value is -0.610. The molecular formula is C7H9F5. The van der Waals surface area contributed by atoms with E-state index in [1.54, 1.807) is 0 Å². The Morgan fingerprint density at radius 2 is 1.75 bits per heavy atom. The summed E-state index contributed by atoms with van der Waals surface area (Å²) in [5, 5.41) is 0. The lowest BCUT2D eigenvalue weighted by Gasteiger charge is -2.18. The summed E-state index contributed by atoms with van der Waals surface area (Å²) in [6.07, 6.45) is -6.99. The van der Waals surface area contributed by atoms with Crippen molar-refractivity contribution in [3.63, 3.8) is 0 Å². The van der Waals surface area contributed by atoms with Crippen LogP contribution in [-0.2, 0) is 0 Å². The average molecular weight is 188 g/mol. The van der Waals surface area contributed by atoms with E-state index in [1.165, 1.54) is 0 Å². The van der Waals surface area contributed by atoms with Crippen LogP contribution in [0.5, 0.6) is 0 Å². The fourth-order valence-electron chi connectivity index (χ4n) is 0.617. The Kier molecular flexibility index (Phi) is 4.20. The van der Waals surface area contributed by atoms with Gasteiger partial charge in [-0.2, -0.15) is 0 Å². The van der Waals surface area contributed by atoms with Crippen molar-refractivity contribution in [1.82, 2.24) is 0 Å². The predicted octanol–water partition coefficient (Wildman–Crippen LogP) is 3.19. The van der Waals surface area contributed by atoms with Crippen LogP contribution in [0.4, 0.5) is 22.0 Å². The van der Waals surface area contributed by atoms with Crippen molar-refractivity contribution in [3.05, 3.63) is 12.7 Å². The molecule has 0 N–H and O–H groups in total. The molecule has 0 saturated heterocycles. The Bertz CT molecular complexity index is 143. The number of hydrogen-bond acceptors (Lipinski definition) is 0. The fraction of sp³-hybridized carbons (Fsp3) is 0.714. The van der Waals surface area contributed by atoms with E-state index in [1.807, 2.05) is 0 Å². The SMILES string of the molecule is C=CCCC(F)(F)C(F)C(F)F. The molecule has 0 spiro atoms. The third-order valence-corrected chi connectivity index (χ3v) is 1.31. The number of hydrogen-bond donors (Lipinski definition) is 0. The minimum absolute atomic E-state index is 0.180. The molecule has 0 fully saturated rings. The molecule has 12 heavy (non-hydrogen) atoms. The van der Waals surface area contributed by atoms with Gasteiger partial charge in [-0.15, -0.1) is 6.58 Å². The molecule has 5 heteroatoms. The maximum Gasteiger partial charge on any atom is 0.284 e. The van der Waals surface area contributed by atoms with Crippen molar-refractivity contribution in [2.24, 2.45) is 0 Å². The zero-order valence-electron chi connectivity index (χ0n) is 6.24. The van der Waals surface area contributed by atoms with Crippen molar-refractivity contribution in [1.29, 1.82) is 0 Å². The van der Waals surface area contributed by atoms with Gasteiger partial charge in [0.05, 0.1) is 0 Å². The summed E-state index contributed by atoms with van der Waals surface area (Å²) >= 11 is 0. The molecule has 0 aromatic heterocycles. The molecule has 0 aliphatic heterocycles. The molecule has 0 aliphatic rings. The minimum Gasteiger partial charge on any atom is -0.234 e. The van der Waals surface area contributed by atoms with Gasteiger partial charge in [-0.25, -0.2) is 22.0 Å². The zero-order chi connectivity index (χ0) is 9.78. The molecule has 1 unspecified atom stereocenters. The molecule has 0 aliphatic carbocycles. The minimum atomic E-state index is -3.96. The van der Waals surface area contributed by atoms with Crippen LogP contribution in [-0.4, -0.2) is 18.5 Å². The molecule has 0 radical (unpaired) electrons. The molecule has 0 bridgehead atoms. The van der Waals surface area contributed by atoms with Gasteiger partial charge in [0.1, 0.15) is 0 Å². The number of alkyl halides is 5. The van der Waals surface area contributed by atoms with Crippen LogP contribution in [0.15, 0.2) is 12.7 Å². The van der Waals surface area contributed by atoms with Crippen LogP contribution in [0, 0.1) is 0 Å². The highest BCUT2D eigenvalue weighted by Crippen LogP contribution is 2.30. The normalized spacial score (nSPS) is 14.8. The van der Waals surface area contributed by atoms with Crippen LogP contribution >= 0.6 is 0 Å². The van der Waals surface area contributed by atoms with E-state index in [-0.39, 0.29) is 6.42 Å². The summed E-state index contributed by atoms with van der Waals surface area (Å²) in [6.45, 7) is 3.12. The molecule has 72 valence electrons. The van der Waals surface area contributed by atoms with Crippen molar-refractivity contribution < 1.29 is 22.0 Å². The monoisotopic (exact) mass is 188 g/mol. The van der Waals surface area contributed by atoms with Gasteiger partial charge in [0.15, 0.2) is 0 Å². The van der Waals surface area contributed by atoms with E-state index in [0.29, 0.717) is 0 Å². The van der Waals surface area contributed by atoms with Crippen LogP contribution in [0.2, 0.25) is 0 Å². The summed E-state index contributed by atoms with van der Waals surface area (Å²) in [6, 6.07) is 0.